The Labute approximate surface area is 199 Å². The molecule has 0 aliphatic heterocycles. The largest absolute Gasteiger partial charge is 0.379 e. The van der Waals surface area contributed by atoms with Crippen molar-refractivity contribution in [3.05, 3.63) is 70.7 Å². The standard InChI is InChI=1S/C23H23FN8O3/c1-25-19-11-18(28-16-6-4-10-31(23(16)34)21-14(24)5-3-9-26-21)30-20-13(12-27-32(19)20)22(33)29-15-7-8-17(15)35-2/h3-6,9-12,15,17,25H,7-8H2,1-2H3,(H,28,30)(H,29,33)/t15-,17-/m0/s1. The molecule has 0 radical (unpaired) electrons. The number of hydrogen-bond donors (Lipinski definition) is 3. The summed E-state index contributed by atoms with van der Waals surface area (Å²) >= 11 is 0. The third-order valence-corrected chi connectivity index (χ3v) is 5.98. The summed E-state index contributed by atoms with van der Waals surface area (Å²) in [6, 6.07) is 7.40. The highest BCUT2D eigenvalue weighted by Crippen LogP contribution is 2.25. The molecule has 180 valence electrons. The van der Waals surface area contributed by atoms with Gasteiger partial charge in [-0.1, -0.05) is 0 Å². The van der Waals surface area contributed by atoms with E-state index in [0.717, 1.165) is 17.4 Å². The molecule has 12 heteroatoms. The highest BCUT2D eigenvalue weighted by molar-refractivity contribution is 6.00. The number of anilines is 3. The van der Waals surface area contributed by atoms with E-state index >= 15 is 0 Å². The van der Waals surface area contributed by atoms with E-state index in [1.54, 1.807) is 32.4 Å². The minimum atomic E-state index is -0.624. The Bertz CT molecular complexity index is 1460. The Morgan fingerprint density at radius 1 is 1.26 bits per heavy atom. The Hall–Kier alpha value is -4.32. The summed E-state index contributed by atoms with van der Waals surface area (Å²) in [5.41, 5.74) is 0.226. The first kappa shape index (κ1) is 22.5. The lowest BCUT2D eigenvalue weighted by atomic mass is 9.89. The summed E-state index contributed by atoms with van der Waals surface area (Å²) in [7, 11) is 3.33. The lowest BCUT2D eigenvalue weighted by Gasteiger charge is -2.35. The fraction of sp³-hybridized carbons (Fsp3) is 0.261. The maximum absolute atomic E-state index is 14.2. The number of pyridine rings is 2. The number of rotatable bonds is 7. The number of methoxy groups -OCH3 is 1. The van der Waals surface area contributed by atoms with Crippen molar-refractivity contribution >= 4 is 28.9 Å². The molecule has 4 aromatic rings. The van der Waals surface area contributed by atoms with Gasteiger partial charge in [0.1, 0.15) is 22.9 Å². The molecule has 4 aromatic heterocycles. The first-order valence-corrected chi connectivity index (χ1v) is 11.0. The van der Waals surface area contributed by atoms with E-state index in [-0.39, 0.29) is 35.1 Å². The van der Waals surface area contributed by atoms with Crippen LogP contribution in [0.3, 0.4) is 0 Å². The van der Waals surface area contributed by atoms with Gasteiger partial charge in [0.15, 0.2) is 17.3 Å². The van der Waals surface area contributed by atoms with E-state index in [1.807, 2.05) is 0 Å². The highest BCUT2D eigenvalue weighted by Gasteiger charge is 2.33. The summed E-state index contributed by atoms with van der Waals surface area (Å²) in [6.45, 7) is 0. The average molecular weight is 478 g/mol. The van der Waals surface area contributed by atoms with Gasteiger partial charge in [0, 0.05) is 32.6 Å². The monoisotopic (exact) mass is 478 g/mol. The second kappa shape index (κ2) is 9.14. The number of fused-ring (bicyclic) bond motifs is 1. The summed E-state index contributed by atoms with van der Waals surface area (Å²) in [5.74, 6) is -0.208. The van der Waals surface area contributed by atoms with Crippen LogP contribution in [-0.4, -0.2) is 56.4 Å². The number of carbonyl (C=O) groups is 1. The van der Waals surface area contributed by atoms with Crippen LogP contribution in [0.15, 0.2) is 53.7 Å². The summed E-state index contributed by atoms with van der Waals surface area (Å²) in [4.78, 5) is 34.5. The van der Waals surface area contributed by atoms with Crippen LogP contribution in [0.2, 0.25) is 0 Å². The summed E-state index contributed by atoms with van der Waals surface area (Å²) in [5, 5.41) is 13.2. The first-order chi connectivity index (χ1) is 17.0. The first-order valence-electron chi connectivity index (χ1n) is 11.0. The molecule has 3 N–H and O–H groups in total. The average Bonchev–Trinajstić information content (AvgIpc) is 3.27. The van der Waals surface area contributed by atoms with Crippen LogP contribution in [0.5, 0.6) is 0 Å². The molecule has 35 heavy (non-hydrogen) atoms. The van der Waals surface area contributed by atoms with Crippen LogP contribution in [0.1, 0.15) is 23.2 Å². The van der Waals surface area contributed by atoms with Gasteiger partial charge in [-0.15, -0.1) is 0 Å². The summed E-state index contributed by atoms with van der Waals surface area (Å²) < 4.78 is 22.2. The molecule has 0 saturated heterocycles. The Morgan fingerprint density at radius 3 is 2.83 bits per heavy atom. The zero-order chi connectivity index (χ0) is 24.5. The van der Waals surface area contributed by atoms with Gasteiger partial charge in [0.25, 0.3) is 11.5 Å². The van der Waals surface area contributed by atoms with Gasteiger partial charge in [-0.3, -0.25) is 14.2 Å². The van der Waals surface area contributed by atoms with Gasteiger partial charge in [0.05, 0.1) is 18.3 Å². The minimum Gasteiger partial charge on any atom is -0.379 e. The number of carbonyl (C=O) groups excluding carboxylic acids is 1. The topological polar surface area (TPSA) is 127 Å². The van der Waals surface area contributed by atoms with Gasteiger partial charge >= 0.3 is 0 Å². The maximum atomic E-state index is 14.2. The Morgan fingerprint density at radius 2 is 2.11 bits per heavy atom. The number of halogens is 1. The SMILES string of the molecule is CNc1cc(Nc2cccn(-c3ncccc3F)c2=O)nc2c(C(=O)N[C@H]3CC[C@@H]3OC)cnn12. The molecule has 0 unspecified atom stereocenters. The molecule has 5 rings (SSSR count). The molecular formula is C23H23FN8O3. The number of amides is 1. The van der Waals surface area contributed by atoms with Crippen molar-refractivity contribution in [2.45, 2.75) is 25.0 Å². The van der Waals surface area contributed by atoms with Crippen molar-refractivity contribution in [3.63, 3.8) is 0 Å². The predicted molar refractivity (Wildman–Crippen MR) is 127 cm³/mol. The number of hydrogen-bond acceptors (Lipinski definition) is 8. The van der Waals surface area contributed by atoms with Crippen LogP contribution in [0.25, 0.3) is 11.5 Å². The van der Waals surface area contributed by atoms with Crippen molar-refractivity contribution in [2.24, 2.45) is 0 Å². The van der Waals surface area contributed by atoms with Crippen LogP contribution < -0.4 is 21.5 Å². The van der Waals surface area contributed by atoms with Crippen molar-refractivity contribution in [3.8, 4) is 5.82 Å². The Balaban J connectivity index is 1.49. The molecule has 0 spiro atoms. The lowest BCUT2D eigenvalue weighted by Crippen LogP contribution is -2.51. The molecule has 1 saturated carbocycles. The lowest BCUT2D eigenvalue weighted by molar-refractivity contribution is 0.00732. The summed E-state index contributed by atoms with van der Waals surface area (Å²) in [6.07, 6.45) is 6.00. The third kappa shape index (κ3) is 4.08. The van der Waals surface area contributed by atoms with Crippen LogP contribution in [0.4, 0.5) is 21.7 Å². The predicted octanol–water partition coefficient (Wildman–Crippen LogP) is 2.11. The van der Waals surface area contributed by atoms with E-state index < -0.39 is 11.4 Å². The van der Waals surface area contributed by atoms with Gasteiger partial charge in [-0.05, 0) is 37.1 Å². The molecule has 4 heterocycles. The zero-order valence-corrected chi connectivity index (χ0v) is 19.0. The zero-order valence-electron chi connectivity index (χ0n) is 19.0. The molecule has 11 nitrogen and oxygen atoms in total. The van der Waals surface area contributed by atoms with Crippen LogP contribution in [0, 0.1) is 5.82 Å². The fourth-order valence-electron chi connectivity index (χ4n) is 3.98. The molecular weight excluding hydrogens is 455 g/mol. The van der Waals surface area contributed by atoms with E-state index in [0.29, 0.717) is 17.3 Å². The molecule has 2 atom stereocenters. The van der Waals surface area contributed by atoms with E-state index in [2.05, 4.69) is 31.0 Å². The quantitative estimate of drug-likeness (QED) is 0.369. The molecule has 1 aliphatic carbocycles. The van der Waals surface area contributed by atoms with Crippen LogP contribution in [-0.2, 0) is 4.74 Å². The van der Waals surface area contributed by atoms with Crippen molar-refractivity contribution in [1.82, 2.24) is 29.5 Å². The molecule has 1 fully saturated rings. The second-order valence-corrected chi connectivity index (χ2v) is 8.03. The number of aromatic nitrogens is 5. The minimum absolute atomic E-state index is 0.0111. The van der Waals surface area contributed by atoms with Gasteiger partial charge in [-0.2, -0.15) is 9.61 Å². The van der Waals surface area contributed by atoms with Crippen molar-refractivity contribution in [1.29, 1.82) is 0 Å². The fourth-order valence-corrected chi connectivity index (χ4v) is 3.98. The Kier molecular flexibility index (Phi) is 5.87. The van der Waals surface area contributed by atoms with Crippen LogP contribution >= 0.6 is 0 Å². The third-order valence-electron chi connectivity index (χ3n) is 5.98. The number of ether oxygens (including phenoxy) is 1. The van der Waals surface area contributed by atoms with Gasteiger partial charge < -0.3 is 20.7 Å². The molecule has 1 amide bonds. The molecule has 1 aliphatic rings. The van der Waals surface area contributed by atoms with Crippen molar-refractivity contribution in [2.75, 3.05) is 24.8 Å². The number of nitrogens with zero attached hydrogens (tertiary/aromatic N) is 5. The van der Waals surface area contributed by atoms with Gasteiger partial charge in [-0.25, -0.2) is 14.4 Å². The molecule has 0 aromatic carbocycles. The highest BCUT2D eigenvalue weighted by atomic mass is 19.1. The maximum Gasteiger partial charge on any atom is 0.280 e. The van der Waals surface area contributed by atoms with E-state index in [1.165, 1.54) is 35.2 Å². The van der Waals surface area contributed by atoms with Crippen molar-refractivity contribution < 1.29 is 13.9 Å². The smallest absolute Gasteiger partial charge is 0.280 e. The number of nitrogens with one attached hydrogen (secondary N) is 3. The van der Waals surface area contributed by atoms with Gasteiger partial charge in [0.2, 0.25) is 0 Å². The normalized spacial score (nSPS) is 17.1. The van der Waals surface area contributed by atoms with E-state index in [9.17, 15) is 14.0 Å². The molecule has 0 bridgehead atoms. The van der Waals surface area contributed by atoms with E-state index in [4.69, 9.17) is 4.74 Å². The second-order valence-electron chi connectivity index (χ2n) is 8.03.